The summed E-state index contributed by atoms with van der Waals surface area (Å²) in [6.45, 7) is 0.818. The van der Waals surface area contributed by atoms with E-state index in [1.165, 1.54) is 63.5 Å². The molecule has 5 heteroatoms. The Kier molecular flexibility index (Phi) is 10.2. The maximum Gasteiger partial charge on any atom is 0.294 e. The van der Waals surface area contributed by atoms with Crippen molar-refractivity contribution < 1.29 is 13.0 Å². The fraction of sp³-hybridized carbons (Fsp3) is 0.667. The van der Waals surface area contributed by atoms with Gasteiger partial charge in [0.05, 0.1) is 4.90 Å². The lowest BCUT2D eigenvalue weighted by molar-refractivity contribution is 0.483. The maximum atomic E-state index is 11.0. The lowest BCUT2D eigenvalue weighted by Crippen LogP contribution is -1.98. The summed E-state index contributed by atoms with van der Waals surface area (Å²) in [5, 5.41) is 0. The van der Waals surface area contributed by atoms with Gasteiger partial charge in [0.1, 0.15) is 0 Å². The van der Waals surface area contributed by atoms with E-state index in [0.717, 1.165) is 31.4 Å². The topological polar surface area (TPSA) is 80.4 Å². The van der Waals surface area contributed by atoms with Gasteiger partial charge in [-0.2, -0.15) is 8.42 Å². The van der Waals surface area contributed by atoms with Gasteiger partial charge in [0.15, 0.2) is 0 Å². The average Bonchev–Trinajstić information content (AvgIpc) is 2.52. The van der Waals surface area contributed by atoms with Gasteiger partial charge in [-0.1, -0.05) is 63.5 Å². The van der Waals surface area contributed by atoms with E-state index in [1.54, 1.807) is 12.1 Å². The van der Waals surface area contributed by atoms with Gasteiger partial charge in [-0.15, -0.1) is 0 Å². The first kappa shape index (κ1) is 20.1. The Morgan fingerprint density at radius 1 is 0.739 bits per heavy atom. The Morgan fingerprint density at radius 2 is 1.17 bits per heavy atom. The highest BCUT2D eigenvalue weighted by Gasteiger charge is 2.08. The van der Waals surface area contributed by atoms with E-state index in [-0.39, 0.29) is 4.90 Å². The van der Waals surface area contributed by atoms with Crippen LogP contribution in [0.25, 0.3) is 0 Å². The van der Waals surface area contributed by atoms with Gasteiger partial charge >= 0.3 is 0 Å². The van der Waals surface area contributed by atoms with Crippen molar-refractivity contribution in [3.05, 3.63) is 29.8 Å². The summed E-state index contributed by atoms with van der Waals surface area (Å²) in [4.78, 5) is -0.0345. The first-order valence-corrected chi connectivity index (χ1v) is 10.2. The molecule has 0 bridgehead atoms. The molecule has 3 N–H and O–H groups in total. The maximum absolute atomic E-state index is 11.0. The number of benzene rings is 1. The van der Waals surface area contributed by atoms with Gasteiger partial charge in [-0.05, 0) is 43.5 Å². The van der Waals surface area contributed by atoms with Crippen LogP contribution in [0, 0.1) is 0 Å². The summed E-state index contributed by atoms with van der Waals surface area (Å²) >= 11 is 0. The molecule has 0 spiro atoms. The van der Waals surface area contributed by atoms with Crippen molar-refractivity contribution in [3.63, 3.8) is 0 Å². The van der Waals surface area contributed by atoms with E-state index in [9.17, 15) is 8.42 Å². The quantitative estimate of drug-likeness (QED) is 0.413. The fourth-order valence-corrected chi connectivity index (χ4v) is 3.20. The highest BCUT2D eigenvalue weighted by atomic mass is 32.2. The molecular formula is C18H31NO3S. The second kappa shape index (κ2) is 11.6. The number of nitrogens with two attached hydrogens (primary N) is 1. The third-order valence-electron chi connectivity index (χ3n) is 4.14. The van der Waals surface area contributed by atoms with Crippen LogP contribution in [-0.4, -0.2) is 19.5 Å². The van der Waals surface area contributed by atoms with Crippen LogP contribution >= 0.6 is 0 Å². The SMILES string of the molecule is NCCCCCCCCCCCCc1ccc(S(=O)(=O)O)cc1. The van der Waals surface area contributed by atoms with Crippen molar-refractivity contribution in [1.82, 2.24) is 0 Å². The molecular weight excluding hydrogens is 310 g/mol. The minimum atomic E-state index is -4.07. The van der Waals surface area contributed by atoms with Gasteiger partial charge < -0.3 is 5.73 Å². The van der Waals surface area contributed by atoms with Crippen LogP contribution < -0.4 is 5.73 Å². The zero-order valence-corrected chi connectivity index (χ0v) is 14.9. The van der Waals surface area contributed by atoms with Crippen LogP contribution in [0.2, 0.25) is 0 Å². The van der Waals surface area contributed by atoms with Gasteiger partial charge in [-0.3, -0.25) is 4.55 Å². The number of aryl methyl sites for hydroxylation is 1. The predicted octanol–water partition coefficient (Wildman–Crippen LogP) is 4.34. The van der Waals surface area contributed by atoms with E-state index < -0.39 is 10.1 Å². The summed E-state index contributed by atoms with van der Waals surface area (Å²) in [5.41, 5.74) is 6.59. The molecule has 132 valence electrons. The van der Waals surface area contributed by atoms with Gasteiger partial charge in [-0.25, -0.2) is 0 Å². The van der Waals surface area contributed by atoms with Crippen LogP contribution in [0.1, 0.15) is 69.8 Å². The molecule has 0 aromatic heterocycles. The summed E-state index contributed by atoms with van der Waals surface area (Å²) in [5.74, 6) is 0. The number of rotatable bonds is 13. The molecule has 23 heavy (non-hydrogen) atoms. The van der Waals surface area contributed by atoms with E-state index in [1.807, 2.05) is 0 Å². The smallest absolute Gasteiger partial charge is 0.294 e. The second-order valence-corrected chi connectivity index (χ2v) is 7.61. The normalized spacial score (nSPS) is 11.7. The number of hydrogen-bond acceptors (Lipinski definition) is 3. The first-order chi connectivity index (χ1) is 11.0. The fourth-order valence-electron chi connectivity index (χ4n) is 2.72. The summed E-state index contributed by atoms with van der Waals surface area (Å²) in [7, 11) is -4.07. The lowest BCUT2D eigenvalue weighted by Gasteiger charge is -2.04. The Morgan fingerprint density at radius 3 is 1.61 bits per heavy atom. The van der Waals surface area contributed by atoms with E-state index in [4.69, 9.17) is 10.3 Å². The third-order valence-corrected chi connectivity index (χ3v) is 5.01. The molecule has 0 aliphatic heterocycles. The minimum absolute atomic E-state index is 0.0345. The van der Waals surface area contributed by atoms with Crippen molar-refractivity contribution in [2.75, 3.05) is 6.54 Å². The molecule has 0 saturated carbocycles. The summed E-state index contributed by atoms with van der Waals surface area (Å²) < 4.78 is 30.8. The molecule has 0 heterocycles. The highest BCUT2D eigenvalue weighted by Crippen LogP contribution is 2.14. The van der Waals surface area contributed by atoms with Crippen molar-refractivity contribution >= 4 is 10.1 Å². The van der Waals surface area contributed by atoms with E-state index in [2.05, 4.69) is 0 Å². The van der Waals surface area contributed by atoms with Crippen molar-refractivity contribution in [2.45, 2.75) is 75.5 Å². The summed E-state index contributed by atoms with van der Waals surface area (Å²) in [6, 6.07) is 6.50. The van der Waals surface area contributed by atoms with Gasteiger partial charge in [0, 0.05) is 0 Å². The van der Waals surface area contributed by atoms with Crippen LogP contribution in [0.5, 0.6) is 0 Å². The van der Waals surface area contributed by atoms with E-state index >= 15 is 0 Å². The molecule has 0 unspecified atom stereocenters. The number of unbranched alkanes of at least 4 members (excludes halogenated alkanes) is 9. The van der Waals surface area contributed by atoms with Crippen molar-refractivity contribution in [3.8, 4) is 0 Å². The minimum Gasteiger partial charge on any atom is -0.330 e. The largest absolute Gasteiger partial charge is 0.330 e. The second-order valence-electron chi connectivity index (χ2n) is 6.19. The zero-order valence-electron chi connectivity index (χ0n) is 14.0. The zero-order chi connectivity index (χ0) is 17.0. The van der Waals surface area contributed by atoms with Crippen LogP contribution in [0.3, 0.4) is 0 Å². The summed E-state index contributed by atoms with van der Waals surface area (Å²) in [6.07, 6.45) is 13.6. The van der Waals surface area contributed by atoms with Gasteiger partial charge in [0.25, 0.3) is 10.1 Å². The standard InChI is InChI=1S/C18H31NO3S/c19-16-10-8-6-4-2-1-3-5-7-9-11-17-12-14-18(15-13-17)23(20,21)22/h12-15H,1-11,16,19H2,(H,20,21,22). The Hall–Kier alpha value is -0.910. The molecule has 1 rings (SSSR count). The molecule has 0 aliphatic carbocycles. The Bertz CT molecular complexity index is 512. The van der Waals surface area contributed by atoms with Crippen molar-refractivity contribution in [1.29, 1.82) is 0 Å². The predicted molar refractivity (Wildman–Crippen MR) is 95.2 cm³/mol. The van der Waals surface area contributed by atoms with Crippen LogP contribution in [-0.2, 0) is 16.5 Å². The molecule has 1 aromatic rings. The van der Waals surface area contributed by atoms with Crippen LogP contribution in [0.4, 0.5) is 0 Å². The molecule has 0 atom stereocenters. The van der Waals surface area contributed by atoms with E-state index in [0.29, 0.717) is 0 Å². The molecule has 0 radical (unpaired) electrons. The number of hydrogen-bond donors (Lipinski definition) is 2. The molecule has 4 nitrogen and oxygen atoms in total. The van der Waals surface area contributed by atoms with Crippen molar-refractivity contribution in [2.24, 2.45) is 5.73 Å². The van der Waals surface area contributed by atoms with Gasteiger partial charge in [0.2, 0.25) is 0 Å². The molecule has 0 fully saturated rings. The first-order valence-electron chi connectivity index (χ1n) is 8.80. The Labute approximate surface area is 141 Å². The average molecular weight is 342 g/mol. The highest BCUT2D eigenvalue weighted by molar-refractivity contribution is 7.85. The Balaban J connectivity index is 2.01. The molecule has 0 aliphatic rings. The lowest BCUT2D eigenvalue weighted by atomic mass is 10.0. The third kappa shape index (κ3) is 9.74. The van der Waals surface area contributed by atoms with Crippen LogP contribution in [0.15, 0.2) is 29.2 Å². The molecule has 0 amide bonds. The molecule has 0 saturated heterocycles. The molecule has 1 aromatic carbocycles. The monoisotopic (exact) mass is 341 g/mol.